The lowest BCUT2D eigenvalue weighted by molar-refractivity contribution is 0.884. The molecule has 0 aliphatic carbocycles. The molecular weight excluding hydrogens is 116 g/mol. The molecule has 4 nitrogen and oxygen atoms in total. The monoisotopic (exact) mass is 126 g/mol. The molecule has 0 spiro atoms. The van der Waals surface area contributed by atoms with Crippen molar-refractivity contribution in [2.45, 2.75) is 6.92 Å². The third-order valence-electron chi connectivity index (χ3n) is 0.878. The molecule has 48 valence electrons. The molecule has 0 saturated carbocycles. The van der Waals surface area contributed by atoms with E-state index >= 15 is 0 Å². The van der Waals surface area contributed by atoms with Crippen molar-refractivity contribution in [1.82, 2.24) is 15.0 Å². The maximum Gasteiger partial charge on any atom is 0.224 e. The first-order valence-corrected chi connectivity index (χ1v) is 2.57. The normalized spacial score (nSPS) is 13.6. The van der Waals surface area contributed by atoms with Crippen LogP contribution in [-0.2, 0) is 0 Å². The van der Waals surface area contributed by atoms with Gasteiger partial charge < -0.3 is 4.98 Å². The third-order valence-corrected chi connectivity index (χ3v) is 0.878. The van der Waals surface area contributed by atoms with Gasteiger partial charge in [-0.25, -0.2) is 9.97 Å². The van der Waals surface area contributed by atoms with Crippen molar-refractivity contribution in [2.75, 3.05) is 7.05 Å². The molecule has 0 amide bonds. The van der Waals surface area contributed by atoms with Crippen LogP contribution in [0.2, 0.25) is 0 Å². The second-order valence-corrected chi connectivity index (χ2v) is 1.58. The second kappa shape index (κ2) is 2.39. The molecule has 0 aliphatic rings. The van der Waals surface area contributed by atoms with Gasteiger partial charge in [-0.15, -0.1) is 0 Å². The summed E-state index contributed by atoms with van der Waals surface area (Å²) < 4.78 is 7.08. The van der Waals surface area contributed by atoms with Crippen molar-refractivity contribution in [3.05, 3.63) is 17.7 Å². The molecule has 0 aromatic carbocycles. The highest BCUT2D eigenvalue weighted by molar-refractivity contribution is 4.73. The summed E-state index contributed by atoms with van der Waals surface area (Å²) in [5.41, 5.74) is 0.442. The van der Waals surface area contributed by atoms with E-state index in [1.54, 1.807) is 14.0 Å². The summed E-state index contributed by atoms with van der Waals surface area (Å²) in [4.78, 5) is 14.0. The van der Waals surface area contributed by atoms with Gasteiger partial charge in [0.2, 0.25) is 5.62 Å². The summed E-state index contributed by atoms with van der Waals surface area (Å²) >= 11 is 0. The molecule has 0 atom stereocenters. The van der Waals surface area contributed by atoms with E-state index in [1.807, 2.05) is 0 Å². The van der Waals surface area contributed by atoms with E-state index in [4.69, 9.17) is 1.37 Å². The number of H-pyrrole nitrogens is 1. The Morgan fingerprint density at radius 3 is 3.11 bits per heavy atom. The van der Waals surface area contributed by atoms with Crippen LogP contribution >= 0.6 is 0 Å². The van der Waals surface area contributed by atoms with Gasteiger partial charge in [-0.1, -0.05) is 0 Å². The number of nitrogens with one attached hydrogen (secondary N) is 1. The van der Waals surface area contributed by atoms with Crippen LogP contribution < -0.4 is 5.62 Å². The van der Waals surface area contributed by atoms with Gasteiger partial charge in [-0.05, 0) is 6.92 Å². The van der Waals surface area contributed by atoms with Crippen LogP contribution in [0, 0.1) is 6.92 Å². The van der Waals surface area contributed by atoms with Gasteiger partial charge in [-0.3, -0.25) is 4.99 Å². The van der Waals surface area contributed by atoms with Crippen LogP contribution in [0.5, 0.6) is 0 Å². The Kier molecular flexibility index (Phi) is 1.24. The molecule has 1 N–H and O–H groups in total. The van der Waals surface area contributed by atoms with Crippen LogP contribution in [0.4, 0.5) is 0 Å². The standard InChI is InChI=1S/C5H8N4/c1-4-7-3-8-5(6-2)9-4/h3H,1-2H3,(H,6,7,8,9)/i3T. The Balaban J connectivity index is 3.33. The summed E-state index contributed by atoms with van der Waals surface area (Å²) in [6.45, 7) is 1.76. The molecule has 9 heavy (non-hydrogen) atoms. The lowest BCUT2D eigenvalue weighted by Crippen LogP contribution is -2.13. The lowest BCUT2D eigenvalue weighted by Gasteiger charge is -1.87. The van der Waals surface area contributed by atoms with E-state index in [2.05, 4.69) is 19.9 Å². The first-order chi connectivity index (χ1) is 4.72. The first kappa shape index (κ1) is 4.67. The quantitative estimate of drug-likeness (QED) is 0.516. The van der Waals surface area contributed by atoms with Gasteiger partial charge in [-0.2, -0.15) is 0 Å². The van der Waals surface area contributed by atoms with E-state index in [0.29, 0.717) is 11.4 Å². The largest absolute Gasteiger partial charge is 0.313 e. The smallest absolute Gasteiger partial charge is 0.224 e. The summed E-state index contributed by atoms with van der Waals surface area (Å²) in [6, 6.07) is 0. The van der Waals surface area contributed by atoms with Gasteiger partial charge in [0.1, 0.15) is 13.5 Å². The first-order valence-electron chi connectivity index (χ1n) is 3.07. The van der Waals surface area contributed by atoms with Crippen molar-refractivity contribution in [3.8, 4) is 0 Å². The van der Waals surface area contributed by atoms with Crippen LogP contribution in [0.1, 0.15) is 7.20 Å². The van der Waals surface area contributed by atoms with E-state index in [-0.39, 0.29) is 6.30 Å². The zero-order chi connectivity index (χ0) is 7.56. The van der Waals surface area contributed by atoms with E-state index in [1.165, 1.54) is 0 Å². The van der Waals surface area contributed by atoms with Crippen LogP contribution in [0.3, 0.4) is 0 Å². The number of nitrogens with zero attached hydrogens (tertiary/aromatic N) is 3. The minimum atomic E-state index is -0.00292. The summed E-state index contributed by atoms with van der Waals surface area (Å²) in [7, 11) is 1.61. The van der Waals surface area contributed by atoms with Crippen molar-refractivity contribution < 1.29 is 1.37 Å². The molecule has 0 fully saturated rings. The van der Waals surface area contributed by atoms with Crippen molar-refractivity contribution in [1.29, 1.82) is 0 Å². The fourth-order valence-electron chi connectivity index (χ4n) is 0.471. The predicted octanol–water partition coefficient (Wildman–Crippen LogP) is -0.356. The summed E-state index contributed by atoms with van der Waals surface area (Å²) in [6.07, 6.45) is -0.00292. The van der Waals surface area contributed by atoms with Gasteiger partial charge in [0.05, 0.1) is 0 Å². The third kappa shape index (κ3) is 1.35. The van der Waals surface area contributed by atoms with Crippen LogP contribution in [-0.4, -0.2) is 22.0 Å². The zero-order valence-electron chi connectivity index (χ0n) is 6.34. The maximum absolute atomic E-state index is 7.08. The second-order valence-electron chi connectivity index (χ2n) is 1.58. The van der Waals surface area contributed by atoms with E-state index in [0.717, 1.165) is 0 Å². The average Bonchev–Trinajstić information content (AvgIpc) is 1.85. The molecule has 4 heteroatoms. The lowest BCUT2D eigenvalue weighted by atomic mass is 10.7. The highest BCUT2D eigenvalue weighted by Crippen LogP contribution is 1.71. The fourth-order valence-corrected chi connectivity index (χ4v) is 0.471. The van der Waals surface area contributed by atoms with Crippen molar-refractivity contribution in [2.24, 2.45) is 4.99 Å². The van der Waals surface area contributed by atoms with E-state index < -0.39 is 0 Å². The maximum atomic E-state index is 7.08. The molecule has 0 aliphatic heterocycles. The zero-order valence-corrected chi connectivity index (χ0v) is 5.34. The SMILES string of the molecule is [3H]c1nc(C)[nH]c(=NC)n1. The van der Waals surface area contributed by atoms with Crippen LogP contribution in [0.25, 0.3) is 0 Å². The molecule has 0 bridgehead atoms. The highest BCUT2D eigenvalue weighted by atomic mass is 15.0. The van der Waals surface area contributed by atoms with Crippen molar-refractivity contribution >= 4 is 0 Å². The Morgan fingerprint density at radius 1 is 1.78 bits per heavy atom. The molecule has 1 aromatic rings. The number of rotatable bonds is 0. The molecule has 1 rings (SSSR count). The Hall–Kier alpha value is -1.19. The number of aromatic nitrogens is 3. The fraction of sp³-hybridized carbons (Fsp3) is 0.400. The molecule has 0 saturated heterocycles. The number of hydrogen-bond acceptors (Lipinski definition) is 3. The molecule has 0 radical (unpaired) electrons. The molecular formula is C5H8N4. The van der Waals surface area contributed by atoms with Gasteiger partial charge in [0.25, 0.3) is 0 Å². The molecule has 0 unspecified atom stereocenters. The van der Waals surface area contributed by atoms with Gasteiger partial charge in [0, 0.05) is 7.05 Å². The predicted molar refractivity (Wildman–Crippen MR) is 32.6 cm³/mol. The molecule has 1 aromatic heterocycles. The summed E-state index contributed by atoms with van der Waals surface area (Å²) in [5, 5.41) is 0. The summed E-state index contributed by atoms with van der Waals surface area (Å²) in [5.74, 6) is 0.653. The minimum absolute atomic E-state index is 0.00292. The highest BCUT2D eigenvalue weighted by Gasteiger charge is 1.80. The average molecular weight is 126 g/mol. The Bertz CT molecular complexity index is 267. The van der Waals surface area contributed by atoms with Gasteiger partial charge in [0.15, 0.2) is 0 Å². The molecule has 1 heterocycles. The van der Waals surface area contributed by atoms with Crippen molar-refractivity contribution in [3.63, 3.8) is 0 Å². The number of hydrogen-bond donors (Lipinski definition) is 1. The Morgan fingerprint density at radius 2 is 2.56 bits per heavy atom. The number of aromatic amines is 1. The topological polar surface area (TPSA) is 53.9 Å². The Labute approximate surface area is 54.1 Å². The van der Waals surface area contributed by atoms with E-state index in [9.17, 15) is 0 Å². The minimum Gasteiger partial charge on any atom is -0.313 e. The van der Waals surface area contributed by atoms with Crippen LogP contribution in [0.15, 0.2) is 11.3 Å². The number of aryl methyl sites for hydroxylation is 1. The van der Waals surface area contributed by atoms with Gasteiger partial charge >= 0.3 is 0 Å².